The Morgan fingerprint density at radius 2 is 1.22 bits per heavy atom. The van der Waals surface area contributed by atoms with E-state index in [0.717, 1.165) is 12.8 Å². The van der Waals surface area contributed by atoms with Crippen LogP contribution in [-0.4, -0.2) is 56.3 Å². The monoisotopic (exact) mass is 552 g/mol. The molecule has 0 saturated heterocycles. The predicted octanol–water partition coefficient (Wildman–Crippen LogP) is -0.750. The summed E-state index contributed by atoms with van der Waals surface area (Å²) in [6.45, 7) is 0.383. The second-order valence-electron chi connectivity index (χ2n) is 8.09. The van der Waals surface area contributed by atoms with E-state index in [1.165, 1.54) is 0 Å². The second kappa shape index (κ2) is 11.7. The quantitative estimate of drug-likeness (QED) is 0.168. The fraction of sp³-hybridized carbons (Fsp3) is 0.368. The van der Waals surface area contributed by atoms with Crippen LogP contribution in [0.1, 0.15) is 46.7 Å². The lowest BCUT2D eigenvalue weighted by molar-refractivity contribution is 0.0964. The maximum Gasteiger partial charge on any atom is 0.280 e. The van der Waals surface area contributed by atoms with Crippen molar-refractivity contribution in [1.29, 1.82) is 0 Å². The molecule has 18 heteroatoms. The number of anilines is 4. The number of rotatable bonds is 5. The van der Waals surface area contributed by atoms with E-state index in [1.807, 2.05) is 0 Å². The summed E-state index contributed by atoms with van der Waals surface area (Å²) in [6, 6.07) is -0.104. The van der Waals surface area contributed by atoms with Gasteiger partial charge in [-0.15, -0.1) is 0 Å². The first kappa shape index (κ1) is 27.4. The Morgan fingerprint density at radius 1 is 0.757 bits per heavy atom. The van der Waals surface area contributed by atoms with Crippen LogP contribution in [0.5, 0.6) is 0 Å². The molecule has 37 heavy (non-hydrogen) atoms. The summed E-state index contributed by atoms with van der Waals surface area (Å²) in [4.78, 5) is 48.4. The van der Waals surface area contributed by atoms with Crippen LogP contribution in [0.4, 0.5) is 23.3 Å². The highest BCUT2D eigenvalue weighted by molar-refractivity contribution is 6.32. The van der Waals surface area contributed by atoms with Gasteiger partial charge in [-0.3, -0.25) is 25.2 Å². The van der Waals surface area contributed by atoms with E-state index in [2.05, 4.69) is 40.6 Å². The van der Waals surface area contributed by atoms with Crippen molar-refractivity contribution in [2.75, 3.05) is 29.5 Å². The van der Waals surface area contributed by atoms with Gasteiger partial charge < -0.3 is 34.4 Å². The van der Waals surface area contributed by atoms with E-state index in [4.69, 9.17) is 57.6 Å². The summed E-state index contributed by atoms with van der Waals surface area (Å²) >= 11 is 11.6. The van der Waals surface area contributed by atoms with E-state index in [1.54, 1.807) is 0 Å². The zero-order valence-corrected chi connectivity index (χ0v) is 20.9. The SMILES string of the molecule is NC(=NCC1CCC(N=C(N)NC(=O)c2nc(Cl)c(N)nc2N)CC1)NC(=O)c1nc(Cl)c(N)nc1N. The van der Waals surface area contributed by atoms with Gasteiger partial charge in [0, 0.05) is 6.54 Å². The van der Waals surface area contributed by atoms with Crippen LogP contribution < -0.4 is 45.0 Å². The lowest BCUT2D eigenvalue weighted by atomic mass is 9.86. The number of guanidine groups is 2. The Bertz CT molecular complexity index is 1260. The molecule has 2 aromatic rings. The molecule has 0 atom stereocenters. The van der Waals surface area contributed by atoms with Crippen molar-refractivity contribution < 1.29 is 9.59 Å². The van der Waals surface area contributed by atoms with Gasteiger partial charge in [0.25, 0.3) is 11.8 Å². The third kappa shape index (κ3) is 7.17. The standard InChI is InChI=1S/C19H26Cl2N14O2/c20-10-14(24)32-12(22)8(30-10)16(36)34-18(26)28-5-6-1-3-7(4-2-6)29-19(27)35-17(37)9-13(23)33-15(25)11(21)31-9/h6-7H,1-5H2,(H4,22,24,32)(H4,23,25,33)(H3,26,28,34,36)(H3,27,29,35,37). The molecule has 3 rings (SSSR count). The topological polar surface area (TPSA) is 291 Å². The number of halogens is 2. The van der Waals surface area contributed by atoms with Gasteiger partial charge in [-0.2, -0.15) is 0 Å². The van der Waals surface area contributed by atoms with Gasteiger partial charge in [-0.1, -0.05) is 23.2 Å². The second-order valence-corrected chi connectivity index (χ2v) is 8.81. The van der Waals surface area contributed by atoms with Gasteiger partial charge in [-0.05, 0) is 31.6 Å². The molecule has 0 aromatic carbocycles. The van der Waals surface area contributed by atoms with Gasteiger partial charge in [0.2, 0.25) is 0 Å². The minimum absolute atomic E-state index is 0.0854. The van der Waals surface area contributed by atoms with E-state index in [-0.39, 0.29) is 68.8 Å². The maximum absolute atomic E-state index is 12.4. The molecule has 16 nitrogen and oxygen atoms in total. The van der Waals surface area contributed by atoms with Gasteiger partial charge in [0.05, 0.1) is 6.04 Å². The molecule has 198 valence electrons. The number of nitrogens with two attached hydrogens (primary N) is 6. The van der Waals surface area contributed by atoms with E-state index in [9.17, 15) is 9.59 Å². The predicted molar refractivity (Wildman–Crippen MR) is 141 cm³/mol. The van der Waals surface area contributed by atoms with Crippen LogP contribution in [0.2, 0.25) is 10.3 Å². The summed E-state index contributed by atoms with van der Waals surface area (Å²) < 4.78 is 0. The van der Waals surface area contributed by atoms with Crippen molar-refractivity contribution in [3.05, 3.63) is 21.7 Å². The number of amides is 2. The molecular formula is C19H26Cl2N14O2. The summed E-state index contributed by atoms with van der Waals surface area (Å²) in [5.74, 6) is -1.94. The molecule has 1 saturated carbocycles. The first-order valence-corrected chi connectivity index (χ1v) is 11.6. The molecule has 0 bridgehead atoms. The zero-order chi connectivity index (χ0) is 27.3. The van der Waals surface area contributed by atoms with Crippen molar-refractivity contribution in [2.45, 2.75) is 31.7 Å². The Hall–Kier alpha value is -4.18. The molecule has 1 fully saturated rings. The molecule has 0 spiro atoms. The third-order valence-corrected chi connectivity index (χ3v) is 5.94. The molecule has 2 heterocycles. The molecule has 2 amide bonds. The molecule has 0 radical (unpaired) electrons. The molecule has 14 N–H and O–H groups in total. The van der Waals surface area contributed by atoms with Gasteiger partial charge >= 0.3 is 0 Å². The number of hydrogen-bond donors (Lipinski definition) is 8. The van der Waals surface area contributed by atoms with Gasteiger partial charge in [0.1, 0.15) is 0 Å². The first-order valence-electron chi connectivity index (χ1n) is 10.9. The van der Waals surface area contributed by atoms with Crippen LogP contribution in [-0.2, 0) is 0 Å². The number of nitrogens with one attached hydrogen (secondary N) is 2. The summed E-state index contributed by atoms with van der Waals surface area (Å²) in [5, 5.41) is 4.51. The van der Waals surface area contributed by atoms with Crippen LogP contribution in [0.15, 0.2) is 9.98 Å². The fourth-order valence-electron chi connectivity index (χ4n) is 3.52. The normalized spacial score (nSPS) is 18.3. The average molecular weight is 553 g/mol. The van der Waals surface area contributed by atoms with Crippen molar-refractivity contribution in [2.24, 2.45) is 27.4 Å². The van der Waals surface area contributed by atoms with Gasteiger partial charge in [0.15, 0.2) is 56.9 Å². The highest BCUT2D eigenvalue weighted by Gasteiger charge is 2.23. The number of aliphatic imine (C=N–C) groups is 2. The minimum atomic E-state index is -0.710. The Morgan fingerprint density at radius 3 is 1.70 bits per heavy atom. The molecule has 1 aliphatic rings. The Labute approximate surface area is 220 Å². The van der Waals surface area contributed by atoms with Crippen molar-refractivity contribution in [3.63, 3.8) is 0 Å². The molecule has 1 aliphatic carbocycles. The average Bonchev–Trinajstić information content (AvgIpc) is 2.83. The number of carbonyl (C=O) groups is 2. The Balaban J connectivity index is 1.48. The smallest absolute Gasteiger partial charge is 0.280 e. The lowest BCUT2D eigenvalue weighted by Crippen LogP contribution is -2.39. The number of nitrogens with zero attached hydrogens (tertiary/aromatic N) is 6. The van der Waals surface area contributed by atoms with Crippen LogP contribution in [0, 0.1) is 5.92 Å². The van der Waals surface area contributed by atoms with Gasteiger partial charge in [-0.25, -0.2) is 24.9 Å². The minimum Gasteiger partial charge on any atom is -0.382 e. The summed E-state index contributed by atoms with van der Waals surface area (Å²) in [5.41, 5.74) is 33.6. The van der Waals surface area contributed by atoms with E-state index < -0.39 is 11.8 Å². The zero-order valence-electron chi connectivity index (χ0n) is 19.4. The van der Waals surface area contributed by atoms with E-state index in [0.29, 0.717) is 19.4 Å². The van der Waals surface area contributed by atoms with E-state index >= 15 is 0 Å². The fourth-order valence-corrected chi connectivity index (χ4v) is 3.77. The molecule has 0 aliphatic heterocycles. The summed E-state index contributed by atoms with van der Waals surface area (Å²) in [6.07, 6.45) is 2.96. The van der Waals surface area contributed by atoms with Crippen LogP contribution in [0.25, 0.3) is 0 Å². The third-order valence-electron chi connectivity index (χ3n) is 5.38. The Kier molecular flexibility index (Phi) is 8.67. The largest absolute Gasteiger partial charge is 0.382 e. The highest BCUT2D eigenvalue weighted by atomic mass is 35.5. The lowest BCUT2D eigenvalue weighted by Gasteiger charge is -2.25. The van der Waals surface area contributed by atoms with Crippen molar-refractivity contribution in [1.82, 2.24) is 30.6 Å². The number of nitrogen functional groups attached to an aromatic ring is 4. The molecule has 2 aromatic heterocycles. The highest BCUT2D eigenvalue weighted by Crippen LogP contribution is 2.26. The molecule has 0 unspecified atom stereocenters. The van der Waals surface area contributed by atoms with Crippen LogP contribution in [0.3, 0.4) is 0 Å². The maximum atomic E-state index is 12.4. The number of hydrogen-bond acceptors (Lipinski definition) is 12. The summed E-state index contributed by atoms with van der Waals surface area (Å²) in [7, 11) is 0. The number of aromatic nitrogens is 4. The van der Waals surface area contributed by atoms with Crippen LogP contribution >= 0.6 is 23.2 Å². The molecular weight excluding hydrogens is 527 g/mol. The first-order chi connectivity index (χ1) is 17.4. The van der Waals surface area contributed by atoms with Crippen molar-refractivity contribution >= 4 is 70.2 Å². The van der Waals surface area contributed by atoms with Crippen molar-refractivity contribution in [3.8, 4) is 0 Å². The number of carbonyl (C=O) groups excluding carboxylic acids is 2.